The van der Waals surface area contributed by atoms with Crippen molar-refractivity contribution in [2.45, 2.75) is 0 Å². The summed E-state index contributed by atoms with van der Waals surface area (Å²) >= 11 is 0. The summed E-state index contributed by atoms with van der Waals surface area (Å²) in [5.41, 5.74) is 1.89. The number of aromatic nitrogens is 3. The van der Waals surface area contributed by atoms with E-state index >= 15 is 0 Å². The van der Waals surface area contributed by atoms with Crippen molar-refractivity contribution in [3.05, 3.63) is 60.9 Å². The summed E-state index contributed by atoms with van der Waals surface area (Å²) in [5, 5.41) is 3.28. The van der Waals surface area contributed by atoms with Gasteiger partial charge < -0.3 is 15.0 Å². The van der Waals surface area contributed by atoms with Crippen LogP contribution < -0.4 is 10.2 Å². The molecule has 0 aliphatic carbocycles. The van der Waals surface area contributed by atoms with Gasteiger partial charge in [0.05, 0.1) is 13.2 Å². The van der Waals surface area contributed by atoms with Gasteiger partial charge in [0, 0.05) is 36.7 Å². The van der Waals surface area contributed by atoms with Crippen molar-refractivity contribution in [2.75, 3.05) is 36.5 Å². The summed E-state index contributed by atoms with van der Waals surface area (Å²) in [7, 11) is 0. The molecule has 6 heteroatoms. The Morgan fingerprint density at radius 2 is 1.76 bits per heavy atom. The molecule has 0 unspecified atom stereocenters. The Kier molecular flexibility index (Phi) is 4.52. The molecule has 1 N–H and O–H groups in total. The van der Waals surface area contributed by atoms with Crippen LogP contribution in [-0.2, 0) is 4.74 Å². The third-order valence-corrected chi connectivity index (χ3v) is 4.04. The van der Waals surface area contributed by atoms with Crippen molar-refractivity contribution >= 4 is 17.3 Å². The highest BCUT2D eigenvalue weighted by atomic mass is 16.5. The van der Waals surface area contributed by atoms with Crippen molar-refractivity contribution in [3.63, 3.8) is 0 Å². The minimum Gasteiger partial charge on any atom is -0.378 e. The summed E-state index contributed by atoms with van der Waals surface area (Å²) in [6, 6.07) is 15.8. The second-order valence-corrected chi connectivity index (χ2v) is 5.76. The van der Waals surface area contributed by atoms with E-state index in [1.807, 2.05) is 54.7 Å². The molecule has 1 fully saturated rings. The molecule has 0 spiro atoms. The first-order valence-corrected chi connectivity index (χ1v) is 8.33. The molecule has 0 saturated carbocycles. The minimum atomic E-state index is 0.655. The number of pyridine rings is 1. The molecule has 1 saturated heterocycles. The molecule has 6 nitrogen and oxygen atoms in total. The largest absolute Gasteiger partial charge is 0.378 e. The van der Waals surface area contributed by atoms with E-state index < -0.39 is 0 Å². The summed E-state index contributed by atoms with van der Waals surface area (Å²) < 4.78 is 5.38. The normalized spacial score (nSPS) is 14.3. The topological polar surface area (TPSA) is 63.2 Å². The maximum atomic E-state index is 5.38. The van der Waals surface area contributed by atoms with Gasteiger partial charge in [-0.3, -0.25) is 0 Å². The Balaban J connectivity index is 1.52. The standard InChI is InChI=1S/C19H19N5O/c1-2-4-16(5-3-1)22-17-8-9-20-19(23-17)15-6-7-18(21-14-15)24-10-12-25-13-11-24/h1-9,14H,10-13H2,(H,20,22,23). The number of rotatable bonds is 4. The molecule has 0 atom stereocenters. The maximum Gasteiger partial charge on any atom is 0.163 e. The molecule has 1 aliphatic heterocycles. The van der Waals surface area contributed by atoms with E-state index in [1.54, 1.807) is 6.20 Å². The predicted molar refractivity (Wildman–Crippen MR) is 98.0 cm³/mol. The van der Waals surface area contributed by atoms with Gasteiger partial charge in [-0.25, -0.2) is 15.0 Å². The van der Waals surface area contributed by atoms with E-state index in [2.05, 4.69) is 25.2 Å². The Labute approximate surface area is 146 Å². The van der Waals surface area contributed by atoms with E-state index in [0.29, 0.717) is 5.82 Å². The average Bonchev–Trinajstić information content (AvgIpc) is 2.70. The van der Waals surface area contributed by atoms with Gasteiger partial charge in [-0.1, -0.05) is 18.2 Å². The summed E-state index contributed by atoms with van der Waals surface area (Å²) in [6.07, 6.45) is 3.58. The molecule has 3 heterocycles. The molecule has 1 aromatic carbocycles. The number of nitrogens with zero attached hydrogens (tertiary/aromatic N) is 4. The first kappa shape index (κ1) is 15.5. The smallest absolute Gasteiger partial charge is 0.163 e. The Bertz CT molecular complexity index is 817. The van der Waals surface area contributed by atoms with Crippen LogP contribution in [0.15, 0.2) is 60.9 Å². The van der Waals surface area contributed by atoms with E-state index in [4.69, 9.17) is 4.74 Å². The number of nitrogens with one attached hydrogen (secondary N) is 1. The minimum absolute atomic E-state index is 0.655. The van der Waals surface area contributed by atoms with Crippen LogP contribution >= 0.6 is 0 Å². The predicted octanol–water partition coefficient (Wildman–Crippen LogP) is 3.12. The Morgan fingerprint density at radius 1 is 0.920 bits per heavy atom. The average molecular weight is 333 g/mol. The number of para-hydroxylation sites is 1. The molecule has 0 bridgehead atoms. The van der Waals surface area contributed by atoms with Crippen LogP contribution in [0.1, 0.15) is 0 Å². The van der Waals surface area contributed by atoms with Gasteiger partial charge >= 0.3 is 0 Å². The fourth-order valence-electron chi connectivity index (χ4n) is 2.73. The molecular weight excluding hydrogens is 314 g/mol. The fourth-order valence-corrected chi connectivity index (χ4v) is 2.73. The van der Waals surface area contributed by atoms with Gasteiger partial charge in [-0.05, 0) is 30.3 Å². The van der Waals surface area contributed by atoms with Crippen LogP contribution in [0.2, 0.25) is 0 Å². The van der Waals surface area contributed by atoms with Crippen LogP contribution in [0.4, 0.5) is 17.3 Å². The number of morpholine rings is 1. The Morgan fingerprint density at radius 3 is 2.52 bits per heavy atom. The molecule has 25 heavy (non-hydrogen) atoms. The van der Waals surface area contributed by atoms with Crippen LogP contribution in [0.25, 0.3) is 11.4 Å². The highest BCUT2D eigenvalue weighted by Gasteiger charge is 2.12. The van der Waals surface area contributed by atoms with E-state index in [0.717, 1.165) is 49.2 Å². The summed E-state index contributed by atoms with van der Waals surface area (Å²) in [5.74, 6) is 2.38. The third kappa shape index (κ3) is 3.75. The van der Waals surface area contributed by atoms with E-state index in [-0.39, 0.29) is 0 Å². The van der Waals surface area contributed by atoms with Gasteiger partial charge in [0.2, 0.25) is 0 Å². The van der Waals surface area contributed by atoms with Gasteiger partial charge in [-0.15, -0.1) is 0 Å². The lowest BCUT2D eigenvalue weighted by Crippen LogP contribution is -2.36. The van der Waals surface area contributed by atoms with Crippen molar-refractivity contribution < 1.29 is 4.74 Å². The van der Waals surface area contributed by atoms with Gasteiger partial charge in [0.25, 0.3) is 0 Å². The zero-order valence-electron chi connectivity index (χ0n) is 13.8. The van der Waals surface area contributed by atoms with E-state index in [9.17, 15) is 0 Å². The number of anilines is 3. The SMILES string of the molecule is c1ccc(Nc2ccnc(-c3ccc(N4CCOCC4)nc3)n2)cc1. The lowest BCUT2D eigenvalue weighted by molar-refractivity contribution is 0.122. The monoisotopic (exact) mass is 333 g/mol. The van der Waals surface area contributed by atoms with Gasteiger partial charge in [-0.2, -0.15) is 0 Å². The quantitative estimate of drug-likeness (QED) is 0.791. The van der Waals surface area contributed by atoms with Crippen molar-refractivity contribution in [3.8, 4) is 11.4 Å². The highest BCUT2D eigenvalue weighted by Crippen LogP contribution is 2.21. The van der Waals surface area contributed by atoms with Crippen LogP contribution in [-0.4, -0.2) is 41.3 Å². The summed E-state index contributed by atoms with van der Waals surface area (Å²) in [4.78, 5) is 15.7. The fraction of sp³-hybridized carbons (Fsp3) is 0.211. The van der Waals surface area contributed by atoms with Crippen LogP contribution in [0.5, 0.6) is 0 Å². The first-order chi connectivity index (χ1) is 12.4. The number of benzene rings is 1. The number of ether oxygens (including phenoxy) is 1. The zero-order valence-corrected chi connectivity index (χ0v) is 13.8. The highest BCUT2D eigenvalue weighted by molar-refractivity contribution is 5.61. The van der Waals surface area contributed by atoms with Crippen molar-refractivity contribution in [1.29, 1.82) is 0 Å². The van der Waals surface area contributed by atoms with Crippen molar-refractivity contribution in [1.82, 2.24) is 15.0 Å². The molecule has 0 radical (unpaired) electrons. The van der Waals surface area contributed by atoms with Crippen LogP contribution in [0.3, 0.4) is 0 Å². The number of hydrogen-bond acceptors (Lipinski definition) is 6. The Hall–Kier alpha value is -2.99. The number of hydrogen-bond donors (Lipinski definition) is 1. The second kappa shape index (κ2) is 7.27. The van der Waals surface area contributed by atoms with Crippen molar-refractivity contribution in [2.24, 2.45) is 0 Å². The molecule has 3 aromatic rings. The molecule has 126 valence electrons. The second-order valence-electron chi connectivity index (χ2n) is 5.76. The van der Waals surface area contributed by atoms with Gasteiger partial charge in [0.1, 0.15) is 11.6 Å². The first-order valence-electron chi connectivity index (χ1n) is 8.33. The molecule has 1 aliphatic rings. The molecule has 0 amide bonds. The lowest BCUT2D eigenvalue weighted by Gasteiger charge is -2.27. The van der Waals surface area contributed by atoms with Crippen LogP contribution in [0, 0.1) is 0 Å². The molecule has 2 aromatic heterocycles. The summed E-state index contributed by atoms with van der Waals surface area (Å²) in [6.45, 7) is 3.25. The van der Waals surface area contributed by atoms with Gasteiger partial charge in [0.15, 0.2) is 5.82 Å². The third-order valence-electron chi connectivity index (χ3n) is 4.04. The lowest BCUT2D eigenvalue weighted by atomic mass is 10.2. The van der Waals surface area contributed by atoms with E-state index in [1.165, 1.54) is 0 Å². The molecule has 4 rings (SSSR count). The zero-order chi connectivity index (χ0) is 16.9. The molecular formula is C19H19N5O. The maximum absolute atomic E-state index is 5.38.